The fourth-order valence-electron chi connectivity index (χ4n) is 2.40. The lowest BCUT2D eigenvalue weighted by molar-refractivity contribution is -0.116. The standard InChI is InChI=1S/C19H24N2O4/c1-21(2)16(17-6-5-11-25-17)13-20-19(22)10-8-14-7-9-15(23-3)12-18(14)24-4/h5-12,16H,13H2,1-4H3,(H,20,22). The molecule has 6 nitrogen and oxygen atoms in total. The summed E-state index contributed by atoms with van der Waals surface area (Å²) in [7, 11) is 7.06. The molecular formula is C19H24N2O4. The Morgan fingerprint density at radius 3 is 2.68 bits per heavy atom. The topological polar surface area (TPSA) is 63.9 Å². The zero-order chi connectivity index (χ0) is 18.2. The molecule has 1 aromatic carbocycles. The van der Waals surface area contributed by atoms with E-state index < -0.39 is 0 Å². The van der Waals surface area contributed by atoms with Crippen molar-refractivity contribution in [3.05, 3.63) is 54.0 Å². The van der Waals surface area contributed by atoms with Crippen LogP contribution in [0.25, 0.3) is 6.08 Å². The van der Waals surface area contributed by atoms with Gasteiger partial charge in [0.25, 0.3) is 0 Å². The van der Waals surface area contributed by atoms with E-state index in [9.17, 15) is 4.79 Å². The highest BCUT2D eigenvalue weighted by atomic mass is 16.5. The molecule has 0 saturated heterocycles. The van der Waals surface area contributed by atoms with Crippen LogP contribution in [0.1, 0.15) is 17.4 Å². The van der Waals surface area contributed by atoms with Crippen molar-refractivity contribution in [2.24, 2.45) is 0 Å². The van der Waals surface area contributed by atoms with Crippen molar-refractivity contribution < 1.29 is 18.7 Å². The Morgan fingerprint density at radius 2 is 2.08 bits per heavy atom. The SMILES string of the molecule is COc1ccc(C=CC(=O)NCC(c2ccco2)N(C)C)c(OC)c1. The van der Waals surface area contributed by atoms with Crippen LogP contribution in [0.3, 0.4) is 0 Å². The Morgan fingerprint density at radius 1 is 1.28 bits per heavy atom. The van der Waals surface area contributed by atoms with Gasteiger partial charge < -0.3 is 19.2 Å². The molecule has 0 fully saturated rings. The summed E-state index contributed by atoms with van der Waals surface area (Å²) in [6, 6.07) is 9.14. The monoisotopic (exact) mass is 344 g/mol. The number of likely N-dealkylation sites (N-methyl/N-ethyl adjacent to an activating group) is 1. The van der Waals surface area contributed by atoms with Crippen LogP contribution in [0.15, 0.2) is 47.1 Å². The van der Waals surface area contributed by atoms with E-state index in [4.69, 9.17) is 13.9 Å². The Balaban J connectivity index is 1.99. The molecule has 1 unspecified atom stereocenters. The number of carbonyl (C=O) groups excluding carboxylic acids is 1. The van der Waals surface area contributed by atoms with Crippen molar-refractivity contribution in [2.45, 2.75) is 6.04 Å². The van der Waals surface area contributed by atoms with Crippen molar-refractivity contribution in [2.75, 3.05) is 34.9 Å². The first-order valence-electron chi connectivity index (χ1n) is 7.93. The van der Waals surface area contributed by atoms with Crippen LogP contribution < -0.4 is 14.8 Å². The third-order valence-corrected chi connectivity index (χ3v) is 3.82. The summed E-state index contributed by atoms with van der Waals surface area (Å²) in [5.41, 5.74) is 0.800. The second-order valence-corrected chi connectivity index (χ2v) is 5.68. The molecule has 0 radical (unpaired) electrons. The Labute approximate surface area is 148 Å². The average molecular weight is 344 g/mol. The third kappa shape index (κ3) is 5.12. The summed E-state index contributed by atoms with van der Waals surface area (Å²) < 4.78 is 15.9. The molecule has 2 aromatic rings. The van der Waals surface area contributed by atoms with Crippen molar-refractivity contribution in [1.82, 2.24) is 10.2 Å². The van der Waals surface area contributed by atoms with Crippen LogP contribution in [0.4, 0.5) is 0 Å². The molecule has 134 valence electrons. The lowest BCUT2D eigenvalue weighted by Gasteiger charge is -2.22. The number of amides is 1. The Hall–Kier alpha value is -2.73. The van der Waals surface area contributed by atoms with Gasteiger partial charge in [0, 0.05) is 24.3 Å². The second-order valence-electron chi connectivity index (χ2n) is 5.68. The van der Waals surface area contributed by atoms with Gasteiger partial charge in [-0.05, 0) is 44.4 Å². The fraction of sp³-hybridized carbons (Fsp3) is 0.316. The largest absolute Gasteiger partial charge is 0.497 e. The number of rotatable bonds is 8. The van der Waals surface area contributed by atoms with Crippen molar-refractivity contribution in [1.29, 1.82) is 0 Å². The summed E-state index contributed by atoms with van der Waals surface area (Å²) >= 11 is 0. The summed E-state index contributed by atoms with van der Waals surface area (Å²) in [6.07, 6.45) is 4.83. The molecule has 0 aliphatic carbocycles. The van der Waals surface area contributed by atoms with Crippen LogP contribution in [0.5, 0.6) is 11.5 Å². The molecule has 0 aliphatic rings. The van der Waals surface area contributed by atoms with Crippen LogP contribution in [0.2, 0.25) is 0 Å². The minimum Gasteiger partial charge on any atom is -0.497 e. The van der Waals surface area contributed by atoms with E-state index in [2.05, 4.69) is 5.32 Å². The van der Waals surface area contributed by atoms with Crippen molar-refractivity contribution >= 4 is 12.0 Å². The van der Waals surface area contributed by atoms with E-state index in [1.807, 2.05) is 43.3 Å². The van der Waals surface area contributed by atoms with Crippen molar-refractivity contribution in [3.63, 3.8) is 0 Å². The molecule has 1 aromatic heterocycles. The summed E-state index contributed by atoms with van der Waals surface area (Å²) in [5.74, 6) is 1.97. The Bertz CT molecular complexity index is 708. The highest BCUT2D eigenvalue weighted by molar-refractivity contribution is 5.92. The quantitative estimate of drug-likeness (QED) is 0.746. The molecule has 1 N–H and O–H groups in total. The first-order valence-corrected chi connectivity index (χ1v) is 7.93. The molecule has 1 amide bonds. The number of benzene rings is 1. The first kappa shape index (κ1) is 18.6. The second kappa shape index (κ2) is 8.94. The van der Waals surface area contributed by atoms with Gasteiger partial charge >= 0.3 is 0 Å². The number of hydrogen-bond donors (Lipinski definition) is 1. The molecular weight excluding hydrogens is 320 g/mol. The van der Waals surface area contributed by atoms with Gasteiger partial charge in [-0.3, -0.25) is 9.69 Å². The molecule has 0 bridgehead atoms. The van der Waals surface area contributed by atoms with Crippen molar-refractivity contribution in [3.8, 4) is 11.5 Å². The maximum Gasteiger partial charge on any atom is 0.244 e. The van der Waals surface area contributed by atoms with E-state index in [1.54, 1.807) is 32.6 Å². The van der Waals surface area contributed by atoms with Crippen LogP contribution >= 0.6 is 0 Å². The van der Waals surface area contributed by atoms with Gasteiger partial charge in [0.15, 0.2) is 0 Å². The van der Waals surface area contributed by atoms with Gasteiger partial charge in [0.1, 0.15) is 17.3 Å². The number of nitrogens with zero attached hydrogens (tertiary/aromatic N) is 1. The normalized spacial score (nSPS) is 12.4. The van der Waals surface area contributed by atoms with Gasteiger partial charge in [0.2, 0.25) is 5.91 Å². The first-order chi connectivity index (χ1) is 12.0. The molecule has 0 aliphatic heterocycles. The lowest BCUT2D eigenvalue weighted by atomic mass is 10.1. The highest BCUT2D eigenvalue weighted by Gasteiger charge is 2.17. The van der Waals surface area contributed by atoms with Crippen LogP contribution in [-0.4, -0.2) is 45.7 Å². The summed E-state index contributed by atoms with van der Waals surface area (Å²) in [4.78, 5) is 14.1. The van der Waals surface area contributed by atoms with E-state index in [0.29, 0.717) is 18.0 Å². The average Bonchev–Trinajstić information content (AvgIpc) is 3.13. The molecule has 6 heteroatoms. The highest BCUT2D eigenvalue weighted by Crippen LogP contribution is 2.25. The summed E-state index contributed by atoms with van der Waals surface area (Å²) in [5, 5.41) is 2.89. The molecule has 25 heavy (non-hydrogen) atoms. The molecule has 1 heterocycles. The number of ether oxygens (including phenoxy) is 2. The summed E-state index contributed by atoms with van der Waals surface area (Å²) in [6.45, 7) is 0.448. The zero-order valence-corrected chi connectivity index (χ0v) is 15.0. The molecule has 1 atom stereocenters. The van der Waals surface area contributed by atoms with Crippen LogP contribution in [-0.2, 0) is 4.79 Å². The number of carbonyl (C=O) groups is 1. The number of hydrogen-bond acceptors (Lipinski definition) is 5. The van der Waals surface area contributed by atoms with E-state index in [1.165, 1.54) is 6.08 Å². The van der Waals surface area contributed by atoms with Gasteiger partial charge in [-0.15, -0.1) is 0 Å². The number of furan rings is 1. The van der Waals surface area contributed by atoms with Gasteiger partial charge in [0.05, 0.1) is 26.5 Å². The fourth-order valence-corrected chi connectivity index (χ4v) is 2.40. The minimum atomic E-state index is -0.184. The number of nitrogens with one attached hydrogen (secondary N) is 1. The van der Waals surface area contributed by atoms with Gasteiger partial charge in [-0.25, -0.2) is 0 Å². The van der Waals surface area contributed by atoms with E-state index >= 15 is 0 Å². The molecule has 0 spiro atoms. The molecule has 0 saturated carbocycles. The van der Waals surface area contributed by atoms with E-state index in [0.717, 1.165) is 11.3 Å². The van der Waals surface area contributed by atoms with E-state index in [-0.39, 0.29) is 11.9 Å². The van der Waals surface area contributed by atoms with Crippen LogP contribution in [0, 0.1) is 0 Å². The van der Waals surface area contributed by atoms with Gasteiger partial charge in [-0.1, -0.05) is 0 Å². The molecule has 2 rings (SSSR count). The maximum absolute atomic E-state index is 12.1. The Kier molecular flexibility index (Phi) is 6.65. The third-order valence-electron chi connectivity index (χ3n) is 3.82. The number of methoxy groups -OCH3 is 2. The smallest absolute Gasteiger partial charge is 0.244 e. The predicted octanol–water partition coefficient (Wildman–Crippen LogP) is 2.73. The van der Waals surface area contributed by atoms with Gasteiger partial charge in [-0.2, -0.15) is 0 Å². The maximum atomic E-state index is 12.1. The minimum absolute atomic E-state index is 0.0251. The predicted molar refractivity (Wildman–Crippen MR) is 96.7 cm³/mol. The zero-order valence-electron chi connectivity index (χ0n) is 15.0. The lowest BCUT2D eigenvalue weighted by Crippen LogP contribution is -2.33.